The Balaban J connectivity index is 1.53. The van der Waals surface area contributed by atoms with Crippen LogP contribution in [-0.2, 0) is 0 Å². The van der Waals surface area contributed by atoms with Crippen molar-refractivity contribution in [2.75, 3.05) is 0 Å². The standard InChI is InChI=1S/C18H16BN4/c1-3-7-15(8-4-1)17-11-13-22(20-17)19-23-14-12-18(21-23)16-9-5-2-6-10-16/h1-14H,19H2/q-1. The van der Waals surface area contributed by atoms with Gasteiger partial charge in [0.1, 0.15) is 0 Å². The predicted molar refractivity (Wildman–Crippen MR) is 94.7 cm³/mol. The Labute approximate surface area is 135 Å². The molecule has 0 unspecified atom stereocenters. The van der Waals surface area contributed by atoms with Gasteiger partial charge < -0.3 is 9.19 Å². The number of aromatic nitrogens is 4. The van der Waals surface area contributed by atoms with Gasteiger partial charge in [0.15, 0.2) is 7.55 Å². The summed E-state index contributed by atoms with van der Waals surface area (Å²) in [5.74, 6) is 0. The van der Waals surface area contributed by atoms with E-state index >= 15 is 0 Å². The number of benzene rings is 2. The molecule has 4 rings (SSSR count). The highest BCUT2D eigenvalue weighted by atomic mass is 15.3. The van der Waals surface area contributed by atoms with Gasteiger partial charge >= 0.3 is 0 Å². The Morgan fingerprint density at radius 1 is 0.565 bits per heavy atom. The van der Waals surface area contributed by atoms with Gasteiger partial charge in [0, 0.05) is 11.1 Å². The van der Waals surface area contributed by atoms with Crippen LogP contribution in [0.1, 0.15) is 0 Å². The normalized spacial score (nSPS) is 10.8. The first kappa shape index (κ1) is 13.6. The molecule has 0 radical (unpaired) electrons. The quantitative estimate of drug-likeness (QED) is 0.543. The second kappa shape index (κ2) is 5.97. The first-order valence-corrected chi connectivity index (χ1v) is 7.82. The second-order valence-electron chi connectivity index (χ2n) is 5.68. The van der Waals surface area contributed by atoms with Gasteiger partial charge in [0.05, 0.1) is 11.4 Å². The summed E-state index contributed by atoms with van der Waals surface area (Å²) in [5, 5.41) is 9.34. The first-order valence-electron chi connectivity index (χ1n) is 7.82. The van der Waals surface area contributed by atoms with Crippen LogP contribution in [0.15, 0.2) is 85.2 Å². The van der Waals surface area contributed by atoms with E-state index in [9.17, 15) is 0 Å². The lowest BCUT2D eigenvalue weighted by atomic mass is 10.2. The Bertz CT molecular complexity index is 821. The molecule has 2 heterocycles. The van der Waals surface area contributed by atoms with Crippen LogP contribution in [0.5, 0.6) is 0 Å². The molecule has 0 spiro atoms. The van der Waals surface area contributed by atoms with Crippen molar-refractivity contribution < 1.29 is 0 Å². The first-order chi connectivity index (χ1) is 11.4. The van der Waals surface area contributed by atoms with Crippen LogP contribution in [0, 0.1) is 0 Å². The van der Waals surface area contributed by atoms with Crippen molar-refractivity contribution in [3.8, 4) is 22.5 Å². The average molecular weight is 299 g/mol. The molecule has 0 fully saturated rings. The molecule has 0 aliphatic carbocycles. The lowest BCUT2D eigenvalue weighted by Crippen LogP contribution is -2.17. The van der Waals surface area contributed by atoms with Gasteiger partial charge in [-0.15, -0.1) is 0 Å². The zero-order valence-electron chi connectivity index (χ0n) is 12.9. The van der Waals surface area contributed by atoms with Crippen molar-refractivity contribution in [1.29, 1.82) is 0 Å². The van der Waals surface area contributed by atoms with Gasteiger partial charge in [-0.3, -0.25) is 0 Å². The van der Waals surface area contributed by atoms with Crippen LogP contribution >= 0.6 is 0 Å². The third-order valence-electron chi connectivity index (χ3n) is 3.98. The molecule has 0 bridgehead atoms. The molecular weight excluding hydrogens is 283 g/mol. The molecule has 0 amide bonds. The number of nitrogens with zero attached hydrogens (tertiary/aromatic N) is 4. The molecule has 0 saturated heterocycles. The van der Waals surface area contributed by atoms with Gasteiger partial charge in [0.2, 0.25) is 0 Å². The van der Waals surface area contributed by atoms with E-state index in [1.165, 1.54) is 0 Å². The minimum Gasteiger partial charge on any atom is -0.428 e. The summed E-state index contributed by atoms with van der Waals surface area (Å²) in [4.78, 5) is 0. The van der Waals surface area contributed by atoms with Crippen LogP contribution < -0.4 is 0 Å². The van der Waals surface area contributed by atoms with Gasteiger partial charge in [-0.2, -0.15) is 0 Å². The van der Waals surface area contributed by atoms with E-state index in [-0.39, 0.29) is 0 Å². The molecule has 0 saturated carbocycles. The van der Waals surface area contributed by atoms with Gasteiger partial charge in [-0.05, 0) is 24.5 Å². The minimum atomic E-state index is -0.652. The van der Waals surface area contributed by atoms with E-state index < -0.39 is 7.55 Å². The molecular formula is C18H16BN4-. The Morgan fingerprint density at radius 3 is 1.43 bits per heavy atom. The average Bonchev–Trinajstić information content (AvgIpc) is 3.27. The van der Waals surface area contributed by atoms with Gasteiger partial charge in [-0.25, -0.2) is 10.2 Å². The van der Waals surface area contributed by atoms with Crippen LogP contribution in [0.2, 0.25) is 0 Å². The van der Waals surface area contributed by atoms with E-state index in [1.54, 1.807) is 0 Å². The third kappa shape index (κ3) is 2.94. The van der Waals surface area contributed by atoms with Crippen LogP contribution in [0.25, 0.3) is 22.5 Å². The maximum absolute atomic E-state index is 4.67. The molecule has 0 N–H and O–H groups in total. The molecule has 112 valence electrons. The van der Waals surface area contributed by atoms with Crippen molar-refractivity contribution in [2.24, 2.45) is 0 Å². The third-order valence-corrected chi connectivity index (χ3v) is 3.98. The summed E-state index contributed by atoms with van der Waals surface area (Å²) in [7, 11) is -0.652. The zero-order chi connectivity index (χ0) is 15.5. The fraction of sp³-hybridized carbons (Fsp3) is 0. The van der Waals surface area contributed by atoms with Crippen LogP contribution in [-0.4, -0.2) is 26.9 Å². The monoisotopic (exact) mass is 299 g/mol. The summed E-state index contributed by atoms with van der Waals surface area (Å²) < 4.78 is 4.04. The van der Waals surface area contributed by atoms with E-state index in [1.807, 2.05) is 58.0 Å². The largest absolute Gasteiger partial charge is 0.428 e. The molecule has 23 heavy (non-hydrogen) atoms. The molecule has 4 aromatic rings. The van der Waals surface area contributed by atoms with Crippen molar-refractivity contribution in [3.05, 3.63) is 85.2 Å². The Morgan fingerprint density at radius 2 is 1.00 bits per heavy atom. The fourth-order valence-corrected chi connectivity index (χ4v) is 2.79. The van der Waals surface area contributed by atoms with Crippen LogP contribution in [0.4, 0.5) is 0 Å². The molecule has 5 heteroatoms. The van der Waals surface area contributed by atoms with Crippen molar-refractivity contribution in [1.82, 2.24) is 19.4 Å². The molecule has 2 aromatic carbocycles. The van der Waals surface area contributed by atoms with E-state index in [0.29, 0.717) is 0 Å². The molecule has 4 nitrogen and oxygen atoms in total. The maximum Gasteiger partial charge on any atom is 0.198 e. The number of hydrogen-bond donors (Lipinski definition) is 0. The predicted octanol–water partition coefficient (Wildman–Crippen LogP) is 2.81. The maximum atomic E-state index is 4.67. The SMILES string of the molecule is [BH2-](n1ccc(-c2ccccc2)n1)n1ccc(-c2ccccc2)n1. The molecule has 0 atom stereocenters. The highest BCUT2D eigenvalue weighted by Crippen LogP contribution is 2.17. The lowest BCUT2D eigenvalue weighted by Gasteiger charge is -2.10. The summed E-state index contributed by atoms with van der Waals surface area (Å²) in [5.41, 5.74) is 4.29. The van der Waals surface area contributed by atoms with E-state index in [4.69, 9.17) is 0 Å². The summed E-state index contributed by atoms with van der Waals surface area (Å²) >= 11 is 0. The van der Waals surface area contributed by atoms with Crippen molar-refractivity contribution in [2.45, 2.75) is 0 Å². The molecule has 0 aliphatic rings. The van der Waals surface area contributed by atoms with Crippen LogP contribution in [0.3, 0.4) is 0 Å². The van der Waals surface area contributed by atoms with Crippen molar-refractivity contribution >= 4 is 7.55 Å². The summed E-state index contributed by atoms with van der Waals surface area (Å²) in [6, 6.07) is 24.6. The topological polar surface area (TPSA) is 35.6 Å². The van der Waals surface area contributed by atoms with E-state index in [0.717, 1.165) is 22.5 Å². The highest BCUT2D eigenvalue weighted by molar-refractivity contribution is 6.30. The van der Waals surface area contributed by atoms with Crippen molar-refractivity contribution in [3.63, 3.8) is 0 Å². The van der Waals surface area contributed by atoms with E-state index in [2.05, 4.69) is 46.6 Å². The second-order valence-corrected chi connectivity index (χ2v) is 5.68. The fourth-order valence-electron chi connectivity index (χ4n) is 2.79. The zero-order valence-corrected chi connectivity index (χ0v) is 12.9. The lowest BCUT2D eigenvalue weighted by molar-refractivity contribution is 0.888. The summed E-state index contributed by atoms with van der Waals surface area (Å²) in [6.07, 6.45) is 4.07. The van der Waals surface area contributed by atoms with Gasteiger partial charge in [-0.1, -0.05) is 60.7 Å². The Kier molecular flexibility index (Phi) is 3.52. The minimum absolute atomic E-state index is 0.652. The smallest absolute Gasteiger partial charge is 0.198 e. The summed E-state index contributed by atoms with van der Waals surface area (Å²) in [6.45, 7) is 0. The molecule has 0 aliphatic heterocycles. The van der Waals surface area contributed by atoms with Gasteiger partial charge in [0.25, 0.3) is 0 Å². The number of hydrogen-bond acceptors (Lipinski definition) is 2. The molecule has 2 aromatic heterocycles. The Hall–Kier alpha value is -3.08. The number of rotatable bonds is 4. The highest BCUT2D eigenvalue weighted by Gasteiger charge is 2.01.